The van der Waals surface area contributed by atoms with Gasteiger partial charge in [0.25, 0.3) is 0 Å². The first-order chi connectivity index (χ1) is 9.50. The number of ether oxygens (including phenoxy) is 1. The molecule has 1 amide bonds. The van der Waals surface area contributed by atoms with Crippen molar-refractivity contribution in [2.24, 2.45) is 11.5 Å². The van der Waals surface area contributed by atoms with Crippen molar-refractivity contribution < 1.29 is 9.53 Å². The van der Waals surface area contributed by atoms with Gasteiger partial charge in [-0.05, 0) is 25.5 Å². The summed E-state index contributed by atoms with van der Waals surface area (Å²) in [5, 5.41) is 0. The minimum absolute atomic E-state index is 0.492. The molecule has 0 aliphatic heterocycles. The van der Waals surface area contributed by atoms with Gasteiger partial charge in [0.05, 0.1) is 0 Å². The van der Waals surface area contributed by atoms with E-state index in [2.05, 4.69) is 4.90 Å². The highest BCUT2D eigenvalue weighted by atomic mass is 16.5. The summed E-state index contributed by atoms with van der Waals surface area (Å²) in [5.74, 6) is -0.492. The van der Waals surface area contributed by atoms with Crippen LogP contribution in [-0.2, 0) is 15.1 Å². The Morgan fingerprint density at radius 1 is 1.30 bits per heavy atom. The fraction of sp³-hybridized carbons (Fsp3) is 0.533. The largest absolute Gasteiger partial charge is 0.385 e. The van der Waals surface area contributed by atoms with E-state index in [1.54, 1.807) is 7.11 Å². The Balaban J connectivity index is 2.62. The molecule has 0 saturated carbocycles. The van der Waals surface area contributed by atoms with Crippen molar-refractivity contribution in [1.29, 1.82) is 0 Å². The third-order valence-corrected chi connectivity index (χ3v) is 3.50. The Hall–Kier alpha value is -1.43. The van der Waals surface area contributed by atoms with E-state index in [-0.39, 0.29) is 0 Å². The number of rotatable bonds is 9. The molecule has 1 atom stereocenters. The van der Waals surface area contributed by atoms with Gasteiger partial charge in [-0.3, -0.25) is 4.79 Å². The molecule has 0 radical (unpaired) electrons. The van der Waals surface area contributed by atoms with Gasteiger partial charge in [0.15, 0.2) is 0 Å². The first kappa shape index (κ1) is 16.6. The molecule has 0 spiro atoms. The molecule has 0 aromatic heterocycles. The van der Waals surface area contributed by atoms with Crippen LogP contribution in [0.25, 0.3) is 0 Å². The summed E-state index contributed by atoms with van der Waals surface area (Å²) in [6.07, 6.45) is 1.45. The second-order valence-electron chi connectivity index (χ2n) is 5.10. The van der Waals surface area contributed by atoms with E-state index in [1.165, 1.54) is 0 Å². The monoisotopic (exact) mass is 279 g/mol. The predicted molar refractivity (Wildman–Crippen MR) is 80.1 cm³/mol. The quantitative estimate of drug-likeness (QED) is 0.651. The average Bonchev–Trinajstić information content (AvgIpc) is 2.45. The third-order valence-electron chi connectivity index (χ3n) is 3.50. The number of carbonyl (C=O) groups is 1. The van der Waals surface area contributed by atoms with Crippen LogP contribution in [0.3, 0.4) is 0 Å². The molecule has 4 N–H and O–H groups in total. The molecule has 0 saturated heterocycles. The molecule has 0 aliphatic carbocycles. The van der Waals surface area contributed by atoms with Crippen LogP contribution in [0, 0.1) is 0 Å². The lowest BCUT2D eigenvalue weighted by molar-refractivity contribution is -0.123. The maximum atomic E-state index is 11.8. The van der Waals surface area contributed by atoms with Gasteiger partial charge in [0.2, 0.25) is 5.91 Å². The molecular formula is C15H25N3O2. The molecule has 0 aliphatic rings. The minimum Gasteiger partial charge on any atom is -0.385 e. The van der Waals surface area contributed by atoms with Crippen molar-refractivity contribution in [2.75, 3.05) is 33.9 Å². The number of hydrogen-bond donors (Lipinski definition) is 2. The van der Waals surface area contributed by atoms with Crippen LogP contribution in [0.5, 0.6) is 0 Å². The van der Waals surface area contributed by atoms with Crippen LogP contribution >= 0.6 is 0 Å². The molecule has 5 nitrogen and oxygen atoms in total. The SMILES string of the molecule is COCCCN(C)CCC(N)(C(N)=O)c1ccccc1. The van der Waals surface area contributed by atoms with E-state index < -0.39 is 11.4 Å². The summed E-state index contributed by atoms with van der Waals surface area (Å²) in [5.41, 5.74) is 11.4. The highest BCUT2D eigenvalue weighted by Gasteiger charge is 2.33. The van der Waals surface area contributed by atoms with E-state index in [1.807, 2.05) is 37.4 Å². The van der Waals surface area contributed by atoms with Crippen molar-refractivity contribution >= 4 is 5.91 Å². The van der Waals surface area contributed by atoms with E-state index in [9.17, 15) is 4.79 Å². The number of nitrogens with zero attached hydrogens (tertiary/aromatic N) is 1. The van der Waals surface area contributed by atoms with Crippen LogP contribution in [-0.4, -0.2) is 44.7 Å². The van der Waals surface area contributed by atoms with Crippen LogP contribution in [0.2, 0.25) is 0 Å². The van der Waals surface area contributed by atoms with Gasteiger partial charge in [0, 0.05) is 26.8 Å². The summed E-state index contributed by atoms with van der Waals surface area (Å²) in [6, 6.07) is 9.30. The van der Waals surface area contributed by atoms with Gasteiger partial charge in [-0.25, -0.2) is 0 Å². The molecule has 112 valence electrons. The topological polar surface area (TPSA) is 81.6 Å². The average molecular weight is 279 g/mol. The summed E-state index contributed by atoms with van der Waals surface area (Å²) in [4.78, 5) is 13.9. The third kappa shape index (κ3) is 4.59. The van der Waals surface area contributed by atoms with Gasteiger partial charge in [-0.2, -0.15) is 0 Å². The first-order valence-electron chi connectivity index (χ1n) is 6.82. The lowest BCUT2D eigenvalue weighted by atomic mass is 9.87. The second kappa shape index (κ2) is 7.99. The zero-order valence-corrected chi connectivity index (χ0v) is 12.3. The lowest BCUT2D eigenvalue weighted by Crippen LogP contribution is -2.50. The fourth-order valence-corrected chi connectivity index (χ4v) is 2.10. The van der Waals surface area contributed by atoms with Gasteiger partial charge in [0.1, 0.15) is 5.54 Å². The summed E-state index contributed by atoms with van der Waals surface area (Å²) < 4.78 is 5.02. The lowest BCUT2D eigenvalue weighted by Gasteiger charge is -2.29. The van der Waals surface area contributed by atoms with Gasteiger partial charge < -0.3 is 21.1 Å². The predicted octanol–water partition coefficient (Wildman–Crippen LogP) is 0.684. The molecule has 1 aromatic carbocycles. The zero-order chi connectivity index (χ0) is 15.0. The number of carbonyl (C=O) groups excluding carboxylic acids is 1. The number of primary amides is 1. The van der Waals surface area contributed by atoms with Crippen molar-refractivity contribution in [2.45, 2.75) is 18.4 Å². The zero-order valence-electron chi connectivity index (χ0n) is 12.3. The van der Waals surface area contributed by atoms with Gasteiger partial charge in [-0.1, -0.05) is 30.3 Å². The summed E-state index contributed by atoms with van der Waals surface area (Å²) in [7, 11) is 3.69. The first-order valence-corrected chi connectivity index (χ1v) is 6.82. The second-order valence-corrected chi connectivity index (χ2v) is 5.10. The molecule has 0 fully saturated rings. The van der Waals surface area contributed by atoms with Gasteiger partial charge in [-0.15, -0.1) is 0 Å². The van der Waals surface area contributed by atoms with Crippen LogP contribution in [0.4, 0.5) is 0 Å². The maximum Gasteiger partial charge on any atom is 0.242 e. The molecule has 1 aromatic rings. The number of benzene rings is 1. The van der Waals surface area contributed by atoms with Crippen molar-refractivity contribution in [3.8, 4) is 0 Å². The number of methoxy groups -OCH3 is 1. The Bertz CT molecular complexity index is 411. The molecule has 20 heavy (non-hydrogen) atoms. The standard InChI is InChI=1S/C15H25N3O2/c1-18(10-6-12-20-2)11-9-15(17,14(16)19)13-7-4-3-5-8-13/h3-5,7-8H,6,9-12,17H2,1-2H3,(H2,16,19). The van der Waals surface area contributed by atoms with E-state index in [4.69, 9.17) is 16.2 Å². The molecule has 0 heterocycles. The highest BCUT2D eigenvalue weighted by Crippen LogP contribution is 2.22. The molecular weight excluding hydrogens is 254 g/mol. The Labute approximate surface area is 120 Å². The smallest absolute Gasteiger partial charge is 0.242 e. The van der Waals surface area contributed by atoms with E-state index in [0.717, 1.165) is 25.1 Å². The number of hydrogen-bond acceptors (Lipinski definition) is 4. The minimum atomic E-state index is -1.11. The fourth-order valence-electron chi connectivity index (χ4n) is 2.10. The molecule has 0 bridgehead atoms. The van der Waals surface area contributed by atoms with Crippen LogP contribution in [0.15, 0.2) is 30.3 Å². The molecule has 1 unspecified atom stereocenters. The van der Waals surface area contributed by atoms with E-state index in [0.29, 0.717) is 13.0 Å². The van der Waals surface area contributed by atoms with Crippen LogP contribution < -0.4 is 11.5 Å². The summed E-state index contributed by atoms with van der Waals surface area (Å²) in [6.45, 7) is 2.34. The van der Waals surface area contributed by atoms with Crippen molar-refractivity contribution in [3.05, 3.63) is 35.9 Å². The number of nitrogens with two attached hydrogens (primary N) is 2. The van der Waals surface area contributed by atoms with Gasteiger partial charge >= 0.3 is 0 Å². The molecule has 5 heteroatoms. The highest BCUT2D eigenvalue weighted by molar-refractivity contribution is 5.85. The summed E-state index contributed by atoms with van der Waals surface area (Å²) >= 11 is 0. The van der Waals surface area contributed by atoms with Crippen LogP contribution in [0.1, 0.15) is 18.4 Å². The Morgan fingerprint density at radius 3 is 2.50 bits per heavy atom. The molecule has 1 rings (SSSR count). The van der Waals surface area contributed by atoms with Crippen molar-refractivity contribution in [1.82, 2.24) is 4.90 Å². The maximum absolute atomic E-state index is 11.8. The Morgan fingerprint density at radius 2 is 1.95 bits per heavy atom. The van der Waals surface area contributed by atoms with E-state index >= 15 is 0 Å². The van der Waals surface area contributed by atoms with Crippen molar-refractivity contribution in [3.63, 3.8) is 0 Å². The normalized spacial score (nSPS) is 14.2. The number of amides is 1. The Kier molecular flexibility index (Phi) is 6.64.